The lowest BCUT2D eigenvalue weighted by Crippen LogP contribution is -2.36. The molecule has 0 bridgehead atoms. The number of carbonyl (C=O) groups is 4. The smallest absolute Gasteiger partial charge is 0.507 e. The van der Waals surface area contributed by atoms with Crippen LogP contribution in [0.3, 0.4) is 0 Å². The lowest BCUT2D eigenvalue weighted by atomic mass is 9.82. The lowest BCUT2D eigenvalue weighted by Gasteiger charge is -2.33. The second-order valence-electron chi connectivity index (χ2n) is 15.8. The normalized spacial score (nSPS) is 17.3. The van der Waals surface area contributed by atoms with Gasteiger partial charge in [-0.1, -0.05) is 61.4 Å². The molecule has 13 heteroatoms. The third-order valence-electron chi connectivity index (χ3n) is 11.7. The molecule has 0 saturated heterocycles. The Morgan fingerprint density at radius 2 is 1.03 bits per heavy atom. The minimum atomic E-state index is -0.935. The van der Waals surface area contributed by atoms with Crippen LogP contribution in [0.4, 0.5) is 18.4 Å². The monoisotopic (exact) mass is 884 g/mol. The van der Waals surface area contributed by atoms with Gasteiger partial charge in [0, 0.05) is 11.6 Å². The predicted molar refractivity (Wildman–Crippen MR) is 234 cm³/mol. The number of ether oxygens (including phenoxy) is 5. The van der Waals surface area contributed by atoms with Gasteiger partial charge in [-0.15, -0.1) is 0 Å². The summed E-state index contributed by atoms with van der Waals surface area (Å²) in [6.07, 6.45) is 7.50. The molecule has 0 atom stereocenters. The van der Waals surface area contributed by atoms with Crippen molar-refractivity contribution in [1.82, 2.24) is 0 Å². The summed E-state index contributed by atoms with van der Waals surface area (Å²) in [6.45, 7) is 7.70. The number of aliphatic hydroxyl groups excluding tert-OH is 1. The fourth-order valence-corrected chi connectivity index (χ4v) is 8.60. The van der Waals surface area contributed by atoms with Crippen LogP contribution in [0.2, 0.25) is 0 Å². The number of halogens is 3. The van der Waals surface area contributed by atoms with E-state index in [0.29, 0.717) is 43.4 Å². The number of carbonyl (C=O) groups excluding carboxylic acids is 4. The van der Waals surface area contributed by atoms with Gasteiger partial charge in [0.1, 0.15) is 22.8 Å². The maximum atomic E-state index is 13.4. The number of aryl methyl sites for hydroxylation is 2. The fraction of sp³-hybridized carbons (Fsp3) is 0.360. The van der Waals surface area contributed by atoms with Crippen LogP contribution in [0.15, 0.2) is 96.4 Å². The van der Waals surface area contributed by atoms with Crippen LogP contribution in [0.1, 0.15) is 100 Å². The zero-order valence-electron chi connectivity index (χ0n) is 35.8. The molecule has 0 unspecified atom stereocenters. The highest BCUT2D eigenvalue weighted by Crippen LogP contribution is 2.49. The molecular formula is C50H51ClF2O10. The summed E-state index contributed by atoms with van der Waals surface area (Å²) < 4.78 is 52.9. The van der Waals surface area contributed by atoms with Crippen molar-refractivity contribution in [3.63, 3.8) is 0 Å². The molecule has 0 amide bonds. The Hall–Kier alpha value is -6.01. The van der Waals surface area contributed by atoms with E-state index in [1.54, 1.807) is 38.1 Å². The van der Waals surface area contributed by atoms with Gasteiger partial charge in [0.2, 0.25) is 0 Å². The Bertz CT molecular complexity index is 2390. The minimum absolute atomic E-state index is 0.0709. The van der Waals surface area contributed by atoms with Crippen LogP contribution >= 0.6 is 11.6 Å². The number of rotatable bonds is 7. The number of hydrogen-bond donors (Lipinski definition) is 1. The van der Waals surface area contributed by atoms with Gasteiger partial charge in [-0.25, -0.2) is 28.0 Å². The molecule has 0 aromatic heterocycles. The summed E-state index contributed by atoms with van der Waals surface area (Å²) in [4.78, 5) is 47.5. The maximum Gasteiger partial charge on any atom is 0.513 e. The first-order valence-electron chi connectivity index (χ1n) is 21.3. The first-order valence-corrected chi connectivity index (χ1v) is 21.6. The molecule has 2 aliphatic heterocycles. The average Bonchev–Trinajstić information content (AvgIpc) is 3.65. The van der Waals surface area contributed by atoms with E-state index in [9.17, 15) is 33.1 Å². The van der Waals surface area contributed by atoms with Gasteiger partial charge in [0.15, 0.2) is 22.7 Å². The molecule has 4 aromatic rings. The highest BCUT2D eigenvalue weighted by atomic mass is 35.5. The number of aliphatic hydroxyl groups is 1. The van der Waals surface area contributed by atoms with E-state index in [0.717, 1.165) is 71.9 Å². The largest absolute Gasteiger partial charge is 0.513 e. The van der Waals surface area contributed by atoms with Crippen LogP contribution in [-0.2, 0) is 33.3 Å². The van der Waals surface area contributed by atoms with Crippen molar-refractivity contribution in [2.24, 2.45) is 0 Å². The number of esters is 2. The summed E-state index contributed by atoms with van der Waals surface area (Å²) >= 11 is 4.72. The Labute approximate surface area is 370 Å². The van der Waals surface area contributed by atoms with Crippen molar-refractivity contribution >= 4 is 46.3 Å². The third kappa shape index (κ3) is 10.6. The molecule has 4 aromatic carbocycles. The van der Waals surface area contributed by atoms with Gasteiger partial charge in [-0.2, -0.15) is 0 Å². The molecular weight excluding hydrogens is 834 g/mol. The Morgan fingerprint density at radius 1 is 0.619 bits per heavy atom. The quantitative estimate of drug-likeness (QED) is 0.109. The van der Waals surface area contributed by atoms with Gasteiger partial charge < -0.3 is 28.8 Å². The SMILES string of the molecule is CCOC(=O)Cl.CCOC(=O)OC1=C(c2cc(-c3ccc(F)cc3)ccc2C)C(=O)OC12CCCCC2.Cc1ccc(-c2ccc(F)cc2)cc1C1=C(O)C2(CCCCC2)OC1=O. The molecule has 332 valence electrons. The maximum absolute atomic E-state index is 13.4. The molecule has 8 rings (SSSR count). The van der Waals surface area contributed by atoms with Crippen molar-refractivity contribution in [2.45, 2.75) is 103 Å². The highest BCUT2D eigenvalue weighted by Gasteiger charge is 2.52. The van der Waals surface area contributed by atoms with Gasteiger partial charge >= 0.3 is 23.5 Å². The second kappa shape index (κ2) is 20.4. The number of benzene rings is 4. The zero-order valence-corrected chi connectivity index (χ0v) is 36.6. The summed E-state index contributed by atoms with van der Waals surface area (Å²) in [5.74, 6) is -1.25. The van der Waals surface area contributed by atoms with Gasteiger partial charge in [-0.05, 0) is 160 Å². The molecule has 2 fully saturated rings. The Balaban J connectivity index is 0.000000188. The lowest BCUT2D eigenvalue weighted by molar-refractivity contribution is -0.150. The van der Waals surface area contributed by atoms with Crippen molar-refractivity contribution in [1.29, 1.82) is 0 Å². The van der Waals surface area contributed by atoms with E-state index in [1.165, 1.54) is 24.3 Å². The van der Waals surface area contributed by atoms with Crippen LogP contribution < -0.4 is 0 Å². The molecule has 1 N–H and O–H groups in total. The van der Waals surface area contributed by atoms with Gasteiger partial charge in [-0.3, -0.25) is 0 Å². The fourth-order valence-electron chi connectivity index (χ4n) is 8.49. The number of hydrogen-bond acceptors (Lipinski definition) is 10. The van der Waals surface area contributed by atoms with Crippen molar-refractivity contribution in [2.75, 3.05) is 13.2 Å². The minimum Gasteiger partial charge on any atom is -0.507 e. The zero-order chi connectivity index (χ0) is 45.3. The predicted octanol–water partition coefficient (Wildman–Crippen LogP) is 12.7. The average molecular weight is 885 g/mol. The van der Waals surface area contributed by atoms with E-state index in [4.69, 9.17) is 30.5 Å². The molecule has 2 saturated carbocycles. The topological polar surface area (TPSA) is 135 Å². The van der Waals surface area contributed by atoms with E-state index >= 15 is 0 Å². The standard InChI is InChI=1S/C25H25FO5.C22H21FO3.C3H5ClO2/c1-3-29-24(28)30-22-21(23(27)31-25(22)13-5-4-6-14-25)20-15-18(8-7-16(20)2)17-9-11-19(26)12-10-17;1-14-5-6-16(15-7-9-17(23)10-8-15)13-18(14)19-20(24)22(26-21(19)25)11-3-2-4-12-22;1-2-6-3(4)5/h7-12,15H,3-6,13-14H2,1-2H3;5-10,13,24H,2-4,11-12H2,1H3;2H2,1H3. The Morgan fingerprint density at radius 3 is 1.48 bits per heavy atom. The molecule has 4 aliphatic rings. The second-order valence-corrected chi connectivity index (χ2v) is 16.2. The van der Waals surface area contributed by atoms with E-state index < -0.39 is 34.7 Å². The third-order valence-corrected chi connectivity index (χ3v) is 11.8. The van der Waals surface area contributed by atoms with Gasteiger partial charge in [0.25, 0.3) is 0 Å². The van der Waals surface area contributed by atoms with Crippen LogP contribution in [-0.4, -0.2) is 53.0 Å². The molecule has 0 radical (unpaired) electrons. The molecule has 2 aliphatic carbocycles. The molecule has 10 nitrogen and oxygen atoms in total. The van der Waals surface area contributed by atoms with Crippen molar-refractivity contribution in [3.05, 3.63) is 130 Å². The Kier molecular flexibility index (Phi) is 15.1. The summed E-state index contributed by atoms with van der Waals surface area (Å²) in [6, 6.07) is 23.8. The van der Waals surface area contributed by atoms with Crippen LogP contribution in [0.5, 0.6) is 0 Å². The van der Waals surface area contributed by atoms with E-state index in [-0.39, 0.29) is 40.9 Å². The molecule has 63 heavy (non-hydrogen) atoms. The molecule has 2 heterocycles. The molecule has 2 spiro atoms. The first kappa shape index (κ1) is 46.5. The van der Waals surface area contributed by atoms with E-state index in [2.05, 4.69) is 4.74 Å². The summed E-state index contributed by atoms with van der Waals surface area (Å²) in [7, 11) is 0. The van der Waals surface area contributed by atoms with Crippen molar-refractivity contribution in [3.8, 4) is 22.3 Å². The summed E-state index contributed by atoms with van der Waals surface area (Å²) in [5.41, 5.74) is 4.41. The van der Waals surface area contributed by atoms with Crippen LogP contribution in [0.25, 0.3) is 33.4 Å². The first-order chi connectivity index (χ1) is 30.2. The van der Waals surface area contributed by atoms with Crippen molar-refractivity contribution < 1.29 is 56.7 Å². The van der Waals surface area contributed by atoms with Gasteiger partial charge in [0.05, 0.1) is 13.2 Å². The van der Waals surface area contributed by atoms with E-state index in [1.807, 2.05) is 50.2 Å². The summed E-state index contributed by atoms with van der Waals surface area (Å²) in [5, 5.41) is 10.9. The van der Waals surface area contributed by atoms with Crippen LogP contribution in [0, 0.1) is 25.5 Å². The highest BCUT2D eigenvalue weighted by molar-refractivity contribution is 6.61.